The third-order valence-corrected chi connectivity index (χ3v) is 8.95. The predicted molar refractivity (Wildman–Crippen MR) is 157 cm³/mol. The second-order valence-electron chi connectivity index (χ2n) is 10.5. The van der Waals surface area contributed by atoms with E-state index in [1.165, 1.54) is 36.4 Å². The maximum atomic E-state index is 16.1. The van der Waals surface area contributed by atoms with Crippen molar-refractivity contribution in [2.45, 2.75) is 24.0 Å². The molecular weight excluding hydrogens is 611 g/mol. The first-order valence-electron chi connectivity index (χ1n) is 13.1. The van der Waals surface area contributed by atoms with E-state index in [-0.39, 0.29) is 51.0 Å². The smallest absolute Gasteiger partial charge is 0.386 e. The van der Waals surface area contributed by atoms with Gasteiger partial charge in [0.25, 0.3) is 0 Å². The molecule has 10 heteroatoms. The Balaban J connectivity index is 1.23. The minimum Gasteiger partial charge on any atom is -0.386 e. The van der Waals surface area contributed by atoms with Crippen molar-refractivity contribution < 1.29 is 22.4 Å². The summed E-state index contributed by atoms with van der Waals surface area (Å²) < 4.78 is 59.1. The number of benzene rings is 4. The largest absolute Gasteiger partial charge is 0.401 e. The fraction of sp³-hybridized carbons (Fsp3) is 0.219. The maximum absolute atomic E-state index is 16.1. The molecule has 6 rings (SSSR count). The molecule has 0 saturated carbocycles. The van der Waals surface area contributed by atoms with Crippen LogP contribution in [0.4, 0.5) is 17.6 Å². The average Bonchev–Trinajstić information content (AvgIpc) is 3.42. The van der Waals surface area contributed by atoms with Gasteiger partial charge in [-0.05, 0) is 34.4 Å². The Morgan fingerprint density at radius 2 is 1.33 bits per heavy atom. The fourth-order valence-corrected chi connectivity index (χ4v) is 6.33. The molecule has 216 valence electrons. The van der Waals surface area contributed by atoms with Crippen LogP contribution in [0, 0.1) is 5.92 Å². The van der Waals surface area contributed by atoms with Crippen molar-refractivity contribution in [1.29, 1.82) is 0 Å². The quantitative estimate of drug-likeness (QED) is 0.156. The Bertz CT molecular complexity index is 1550. The molecule has 2 heterocycles. The topological polar surface area (TPSA) is 24.8 Å². The number of hydrogen-bond donors (Lipinski definition) is 0. The van der Waals surface area contributed by atoms with Gasteiger partial charge < -0.3 is 4.84 Å². The van der Waals surface area contributed by atoms with Crippen molar-refractivity contribution in [1.82, 2.24) is 4.90 Å². The van der Waals surface area contributed by atoms with Gasteiger partial charge in [-0.3, -0.25) is 4.90 Å². The lowest BCUT2D eigenvalue weighted by molar-refractivity contribution is -0.177. The number of halogens is 7. The van der Waals surface area contributed by atoms with E-state index in [2.05, 4.69) is 10.1 Å². The van der Waals surface area contributed by atoms with Crippen molar-refractivity contribution in [2.75, 3.05) is 13.1 Å². The van der Waals surface area contributed by atoms with E-state index in [1.54, 1.807) is 0 Å². The van der Waals surface area contributed by atoms with Crippen LogP contribution in [-0.2, 0) is 10.5 Å². The predicted octanol–water partition coefficient (Wildman–Crippen LogP) is 9.57. The van der Waals surface area contributed by atoms with E-state index in [0.29, 0.717) is 5.56 Å². The van der Waals surface area contributed by atoms with E-state index in [1.807, 2.05) is 60.7 Å². The Kier molecular flexibility index (Phi) is 7.73. The first-order chi connectivity index (χ1) is 20.0. The van der Waals surface area contributed by atoms with Crippen LogP contribution in [0.3, 0.4) is 0 Å². The highest BCUT2D eigenvalue weighted by atomic mass is 35.5. The van der Waals surface area contributed by atoms with Crippen LogP contribution in [0.15, 0.2) is 102 Å². The summed E-state index contributed by atoms with van der Waals surface area (Å²) in [5.74, 6) is -2.09. The molecule has 0 radical (unpaired) electrons. The third-order valence-electron chi connectivity index (χ3n) is 7.75. The lowest BCUT2D eigenvalue weighted by Crippen LogP contribution is -2.57. The van der Waals surface area contributed by atoms with E-state index >= 15 is 4.39 Å². The van der Waals surface area contributed by atoms with Crippen molar-refractivity contribution in [3.05, 3.63) is 140 Å². The van der Waals surface area contributed by atoms with Gasteiger partial charge in [-0.25, -0.2) is 4.39 Å². The zero-order valence-corrected chi connectivity index (χ0v) is 24.1. The lowest BCUT2D eigenvalue weighted by Gasteiger charge is -2.49. The summed E-state index contributed by atoms with van der Waals surface area (Å²) in [5, 5.41) is 3.84. The Labute approximate surface area is 255 Å². The summed E-state index contributed by atoms with van der Waals surface area (Å²) in [5.41, 5.74) is 0.803. The first kappa shape index (κ1) is 29.0. The highest BCUT2D eigenvalue weighted by molar-refractivity contribution is 6.48. The molecule has 0 aliphatic carbocycles. The molecule has 0 bridgehead atoms. The number of rotatable bonds is 6. The van der Waals surface area contributed by atoms with Crippen LogP contribution < -0.4 is 0 Å². The van der Waals surface area contributed by atoms with E-state index < -0.39 is 23.9 Å². The summed E-state index contributed by atoms with van der Waals surface area (Å²) in [6.07, 6.45) is -6.20. The van der Waals surface area contributed by atoms with Gasteiger partial charge in [0.1, 0.15) is 11.6 Å². The number of oxime groups is 1. The number of alkyl halides is 4. The molecule has 2 aliphatic heterocycles. The third kappa shape index (κ3) is 5.39. The van der Waals surface area contributed by atoms with Gasteiger partial charge in [0.2, 0.25) is 0 Å². The zero-order valence-electron chi connectivity index (χ0n) is 21.8. The van der Waals surface area contributed by atoms with Gasteiger partial charge >= 0.3 is 6.18 Å². The first-order valence-corrected chi connectivity index (χ1v) is 14.3. The zero-order chi connectivity index (χ0) is 29.6. The van der Waals surface area contributed by atoms with Gasteiger partial charge in [0.05, 0.1) is 21.1 Å². The molecule has 0 spiro atoms. The Morgan fingerprint density at radius 3 is 1.83 bits per heavy atom. The highest BCUT2D eigenvalue weighted by Crippen LogP contribution is 2.47. The molecule has 1 saturated heterocycles. The maximum Gasteiger partial charge on any atom is 0.401 e. The molecule has 4 aromatic carbocycles. The van der Waals surface area contributed by atoms with Gasteiger partial charge in [-0.15, -0.1) is 0 Å². The molecule has 42 heavy (non-hydrogen) atoms. The molecule has 2 aliphatic rings. The van der Waals surface area contributed by atoms with Gasteiger partial charge in [-0.2, -0.15) is 13.2 Å². The van der Waals surface area contributed by atoms with Crippen molar-refractivity contribution in [2.24, 2.45) is 11.1 Å². The van der Waals surface area contributed by atoms with E-state index in [0.717, 1.165) is 11.1 Å². The van der Waals surface area contributed by atoms with Crippen LogP contribution in [-0.4, -0.2) is 29.9 Å². The van der Waals surface area contributed by atoms with Crippen molar-refractivity contribution in [3.63, 3.8) is 0 Å². The normalized spacial score (nSPS) is 20.2. The fourth-order valence-electron chi connectivity index (χ4n) is 5.71. The number of hydrogen-bond acceptors (Lipinski definition) is 3. The summed E-state index contributed by atoms with van der Waals surface area (Å²) in [6.45, 7) is 0.270. The Morgan fingerprint density at radius 1 is 0.810 bits per heavy atom. The summed E-state index contributed by atoms with van der Waals surface area (Å²) in [6, 6.07) is 28.2. The molecule has 2 atom stereocenters. The summed E-state index contributed by atoms with van der Waals surface area (Å²) in [7, 11) is 0. The summed E-state index contributed by atoms with van der Waals surface area (Å²) >= 11 is 18.1. The molecule has 0 amide bonds. The van der Waals surface area contributed by atoms with Gasteiger partial charge in [0, 0.05) is 18.7 Å². The molecule has 0 N–H and O–H groups in total. The van der Waals surface area contributed by atoms with Gasteiger partial charge in [-0.1, -0.05) is 125 Å². The highest BCUT2D eigenvalue weighted by Gasteiger charge is 2.54. The van der Waals surface area contributed by atoms with Crippen molar-refractivity contribution in [3.8, 4) is 0 Å². The number of nitrogens with zero attached hydrogens (tertiary/aromatic N) is 2. The van der Waals surface area contributed by atoms with Gasteiger partial charge in [0.15, 0.2) is 11.8 Å². The molecule has 4 aromatic rings. The second kappa shape index (κ2) is 11.2. The van der Waals surface area contributed by atoms with E-state index in [9.17, 15) is 13.2 Å². The molecular formula is C32H23Cl3F4N2O. The van der Waals surface area contributed by atoms with Crippen LogP contribution in [0.2, 0.25) is 15.1 Å². The van der Waals surface area contributed by atoms with Crippen LogP contribution in [0.5, 0.6) is 0 Å². The second-order valence-corrected chi connectivity index (χ2v) is 11.7. The minimum atomic E-state index is -4.70. The van der Waals surface area contributed by atoms with Crippen LogP contribution in [0.1, 0.15) is 40.0 Å². The SMILES string of the molecule is FC1(c2ccc(C3=NOC(c4cc(Cl)c(Cl)c(Cl)c4)[C@H]3C(F)(F)F)cc2)CN(C(c2ccccc2)c2ccccc2)C1. The number of likely N-dealkylation sites (tertiary alicyclic amines) is 1. The van der Waals surface area contributed by atoms with Crippen LogP contribution >= 0.6 is 34.8 Å². The molecule has 3 nitrogen and oxygen atoms in total. The van der Waals surface area contributed by atoms with Crippen molar-refractivity contribution >= 4 is 40.5 Å². The minimum absolute atomic E-state index is 0.00560. The standard InChI is InChI=1S/C32H23Cl3F4N2O/c33-24-15-22(16-25(34)27(24)35)30-26(32(37,38)39)28(40-42-30)19-11-13-23(14-12-19)31(36)17-41(18-31)29(20-7-3-1-4-8-20)21-9-5-2-6-10-21/h1-16,26,29-30H,17-18H2/t26-,30?/m0/s1. The molecule has 0 aromatic heterocycles. The molecule has 1 fully saturated rings. The average molecular weight is 634 g/mol. The van der Waals surface area contributed by atoms with Crippen LogP contribution in [0.25, 0.3) is 0 Å². The summed E-state index contributed by atoms with van der Waals surface area (Å²) in [4.78, 5) is 7.33. The lowest BCUT2D eigenvalue weighted by atomic mass is 9.82. The monoisotopic (exact) mass is 632 g/mol. The van der Waals surface area contributed by atoms with E-state index in [4.69, 9.17) is 39.6 Å². The molecule has 1 unspecified atom stereocenters. The Hall–Kier alpha value is -3.10.